The highest BCUT2D eigenvalue weighted by Gasteiger charge is 2.21. The first-order chi connectivity index (χ1) is 10.3. The van der Waals surface area contributed by atoms with E-state index in [9.17, 15) is 9.59 Å². The molecule has 0 saturated heterocycles. The lowest BCUT2D eigenvalue weighted by Crippen LogP contribution is -2.39. The van der Waals surface area contributed by atoms with Crippen molar-refractivity contribution in [3.63, 3.8) is 0 Å². The second-order valence-corrected chi connectivity index (χ2v) is 6.27. The molecule has 0 radical (unpaired) electrons. The maximum absolute atomic E-state index is 12.1. The van der Waals surface area contributed by atoms with Gasteiger partial charge in [-0.05, 0) is 36.2 Å². The molecule has 6 heteroatoms. The van der Waals surface area contributed by atoms with Crippen LogP contribution in [-0.2, 0) is 4.79 Å². The summed E-state index contributed by atoms with van der Waals surface area (Å²) < 4.78 is 5.05. The SMILES string of the molecule is COc1ccc(C(=O)CCC(=O)N(C)CC(C)(C)CN)cc1.Cl. The molecule has 0 heterocycles. The molecule has 0 aliphatic carbocycles. The summed E-state index contributed by atoms with van der Waals surface area (Å²) in [5.74, 6) is 0.627. The predicted molar refractivity (Wildman–Crippen MR) is 94.3 cm³/mol. The van der Waals surface area contributed by atoms with Gasteiger partial charge < -0.3 is 15.4 Å². The van der Waals surface area contributed by atoms with E-state index in [4.69, 9.17) is 10.5 Å². The van der Waals surface area contributed by atoms with E-state index in [1.54, 1.807) is 43.3 Å². The van der Waals surface area contributed by atoms with E-state index >= 15 is 0 Å². The van der Waals surface area contributed by atoms with Gasteiger partial charge in [-0.25, -0.2) is 0 Å². The average molecular weight is 343 g/mol. The van der Waals surface area contributed by atoms with Crippen LogP contribution in [0.15, 0.2) is 24.3 Å². The minimum absolute atomic E-state index is 0. The fourth-order valence-electron chi connectivity index (χ4n) is 2.13. The van der Waals surface area contributed by atoms with E-state index in [-0.39, 0.29) is 42.4 Å². The highest BCUT2D eigenvalue weighted by molar-refractivity contribution is 5.98. The van der Waals surface area contributed by atoms with E-state index in [0.717, 1.165) is 0 Å². The number of benzene rings is 1. The zero-order chi connectivity index (χ0) is 16.8. The Morgan fingerprint density at radius 2 is 1.74 bits per heavy atom. The molecule has 5 nitrogen and oxygen atoms in total. The summed E-state index contributed by atoms with van der Waals surface area (Å²) in [6.07, 6.45) is 0.417. The minimum Gasteiger partial charge on any atom is -0.497 e. The Balaban J connectivity index is 0.00000484. The van der Waals surface area contributed by atoms with E-state index < -0.39 is 0 Å². The van der Waals surface area contributed by atoms with E-state index in [1.807, 2.05) is 13.8 Å². The zero-order valence-electron chi connectivity index (χ0n) is 14.3. The summed E-state index contributed by atoms with van der Waals surface area (Å²) in [5, 5.41) is 0. The number of rotatable bonds is 8. The normalized spacial score (nSPS) is 10.7. The van der Waals surface area contributed by atoms with Gasteiger partial charge in [-0.1, -0.05) is 13.8 Å². The number of carbonyl (C=O) groups excluding carboxylic acids is 2. The number of amides is 1. The number of ether oxygens (including phenoxy) is 1. The summed E-state index contributed by atoms with van der Waals surface area (Å²) >= 11 is 0. The molecule has 0 spiro atoms. The Hall–Kier alpha value is -1.59. The fraction of sp³-hybridized carbons (Fsp3) is 0.529. The number of methoxy groups -OCH3 is 1. The van der Waals surface area contributed by atoms with E-state index in [1.165, 1.54) is 0 Å². The number of ketones is 1. The van der Waals surface area contributed by atoms with Gasteiger partial charge in [-0.3, -0.25) is 9.59 Å². The number of nitrogens with zero attached hydrogens (tertiary/aromatic N) is 1. The Labute approximate surface area is 144 Å². The van der Waals surface area contributed by atoms with Crippen molar-refractivity contribution in [2.45, 2.75) is 26.7 Å². The lowest BCUT2D eigenvalue weighted by atomic mass is 9.93. The van der Waals surface area contributed by atoms with Crippen LogP contribution in [0.3, 0.4) is 0 Å². The first-order valence-corrected chi connectivity index (χ1v) is 7.40. The van der Waals surface area contributed by atoms with Crippen molar-refractivity contribution in [2.75, 3.05) is 27.2 Å². The van der Waals surface area contributed by atoms with Gasteiger partial charge >= 0.3 is 0 Å². The Kier molecular flexibility index (Phi) is 8.87. The van der Waals surface area contributed by atoms with Gasteiger partial charge in [0.05, 0.1) is 7.11 Å². The third-order valence-electron chi connectivity index (χ3n) is 3.62. The summed E-state index contributed by atoms with van der Waals surface area (Å²) in [5.41, 5.74) is 6.15. The van der Waals surface area contributed by atoms with Crippen molar-refractivity contribution in [3.8, 4) is 5.75 Å². The van der Waals surface area contributed by atoms with Crippen LogP contribution in [0.2, 0.25) is 0 Å². The summed E-state index contributed by atoms with van der Waals surface area (Å²) in [6, 6.07) is 6.91. The molecule has 0 saturated carbocycles. The molecule has 0 aliphatic heterocycles. The van der Waals surface area contributed by atoms with Gasteiger partial charge in [0.15, 0.2) is 5.78 Å². The van der Waals surface area contributed by atoms with Gasteiger partial charge in [0, 0.05) is 32.0 Å². The van der Waals surface area contributed by atoms with Crippen LogP contribution in [0, 0.1) is 5.41 Å². The molecule has 2 N–H and O–H groups in total. The Bertz CT molecular complexity index is 515. The molecular formula is C17H27ClN2O3. The second-order valence-electron chi connectivity index (χ2n) is 6.27. The van der Waals surface area contributed by atoms with Crippen molar-refractivity contribution in [1.82, 2.24) is 4.90 Å². The van der Waals surface area contributed by atoms with E-state index in [0.29, 0.717) is 24.4 Å². The summed E-state index contributed by atoms with van der Waals surface area (Å²) in [7, 11) is 3.33. The molecule has 0 aliphatic rings. The van der Waals surface area contributed by atoms with Gasteiger partial charge in [-0.2, -0.15) is 0 Å². The van der Waals surface area contributed by atoms with Crippen LogP contribution >= 0.6 is 12.4 Å². The lowest BCUT2D eigenvalue weighted by molar-refractivity contribution is -0.131. The first-order valence-electron chi connectivity index (χ1n) is 7.40. The fourth-order valence-corrected chi connectivity index (χ4v) is 2.13. The van der Waals surface area contributed by atoms with Gasteiger partial charge in [-0.15, -0.1) is 12.4 Å². The number of halogens is 1. The predicted octanol–water partition coefficient (Wildman–Crippen LogP) is 2.52. The van der Waals surface area contributed by atoms with Crippen LogP contribution in [0.1, 0.15) is 37.0 Å². The molecule has 1 aromatic rings. The van der Waals surface area contributed by atoms with Crippen LogP contribution in [-0.4, -0.2) is 43.8 Å². The van der Waals surface area contributed by atoms with Crippen molar-refractivity contribution in [2.24, 2.45) is 11.1 Å². The molecule has 130 valence electrons. The number of nitrogens with two attached hydrogens (primary N) is 1. The van der Waals surface area contributed by atoms with Crippen LogP contribution in [0.25, 0.3) is 0 Å². The monoisotopic (exact) mass is 342 g/mol. The third-order valence-corrected chi connectivity index (χ3v) is 3.62. The Morgan fingerprint density at radius 3 is 2.22 bits per heavy atom. The van der Waals surface area contributed by atoms with Crippen LogP contribution in [0.4, 0.5) is 0 Å². The topological polar surface area (TPSA) is 72.6 Å². The number of hydrogen-bond acceptors (Lipinski definition) is 4. The lowest BCUT2D eigenvalue weighted by Gasteiger charge is -2.29. The molecule has 0 unspecified atom stereocenters. The summed E-state index contributed by atoms with van der Waals surface area (Å²) in [4.78, 5) is 25.8. The molecule has 1 rings (SSSR count). The maximum Gasteiger partial charge on any atom is 0.222 e. The molecular weight excluding hydrogens is 316 g/mol. The van der Waals surface area contributed by atoms with E-state index in [2.05, 4.69) is 0 Å². The molecule has 0 aromatic heterocycles. The Morgan fingerprint density at radius 1 is 1.17 bits per heavy atom. The van der Waals surface area contributed by atoms with Gasteiger partial charge in [0.2, 0.25) is 5.91 Å². The number of carbonyl (C=O) groups is 2. The number of hydrogen-bond donors (Lipinski definition) is 1. The minimum atomic E-state index is -0.121. The van der Waals surface area contributed by atoms with Crippen molar-refractivity contribution < 1.29 is 14.3 Å². The molecule has 0 fully saturated rings. The largest absolute Gasteiger partial charge is 0.497 e. The van der Waals surface area contributed by atoms with Crippen LogP contribution in [0.5, 0.6) is 5.75 Å². The average Bonchev–Trinajstić information content (AvgIpc) is 2.51. The zero-order valence-corrected chi connectivity index (χ0v) is 15.1. The van der Waals surface area contributed by atoms with Crippen molar-refractivity contribution in [3.05, 3.63) is 29.8 Å². The van der Waals surface area contributed by atoms with Crippen molar-refractivity contribution >= 4 is 24.1 Å². The quantitative estimate of drug-likeness (QED) is 0.737. The standard InChI is InChI=1S/C17H26N2O3.ClH/c1-17(2,11-18)12-19(3)16(21)10-9-15(20)13-5-7-14(22-4)8-6-13;/h5-8H,9-12,18H2,1-4H3;1H. The molecule has 23 heavy (non-hydrogen) atoms. The van der Waals surface area contributed by atoms with Crippen LogP contribution < -0.4 is 10.5 Å². The first kappa shape index (κ1) is 21.4. The molecule has 0 atom stereocenters. The maximum atomic E-state index is 12.1. The highest BCUT2D eigenvalue weighted by Crippen LogP contribution is 2.16. The third kappa shape index (κ3) is 7.01. The molecule has 1 aromatic carbocycles. The highest BCUT2D eigenvalue weighted by atomic mass is 35.5. The summed E-state index contributed by atoms with van der Waals surface area (Å²) in [6.45, 7) is 5.12. The molecule has 1 amide bonds. The second kappa shape index (κ2) is 9.53. The van der Waals surface area contributed by atoms with Gasteiger partial charge in [0.1, 0.15) is 5.75 Å². The molecule has 0 bridgehead atoms. The van der Waals surface area contributed by atoms with Crippen molar-refractivity contribution in [1.29, 1.82) is 0 Å². The van der Waals surface area contributed by atoms with Gasteiger partial charge in [0.25, 0.3) is 0 Å². The smallest absolute Gasteiger partial charge is 0.222 e. The number of Topliss-reactive ketones (excluding diaryl/α,β-unsaturated/α-hetero) is 1.